The van der Waals surface area contributed by atoms with Crippen molar-refractivity contribution in [2.24, 2.45) is 0 Å². The molecule has 1 unspecified atom stereocenters. The van der Waals surface area contributed by atoms with Crippen molar-refractivity contribution >= 4 is 23.2 Å². The van der Waals surface area contributed by atoms with E-state index in [1.54, 1.807) is 24.1 Å². The molecule has 2 amide bonds. The summed E-state index contributed by atoms with van der Waals surface area (Å²) in [7, 11) is 1.58. The maximum absolute atomic E-state index is 12.8. The average Bonchev–Trinajstić information content (AvgIpc) is 3.09. The summed E-state index contributed by atoms with van der Waals surface area (Å²) in [6.07, 6.45) is 2.10. The number of carbonyl (C=O) groups excluding carboxylic acids is 2. The quantitative estimate of drug-likeness (QED) is 0.856. The predicted molar refractivity (Wildman–Crippen MR) is 103 cm³/mol. The highest BCUT2D eigenvalue weighted by atomic mass is 16.5. The standard InChI is InChI=1S/C21H24N2O3/c1-3-17(15-8-5-4-6-9-15)21(25)22-16-11-12-19(26-2)18(14-16)23-13-7-10-20(23)24/h4-6,8-9,11-12,14,17H,3,7,10,13H2,1-2H3,(H,22,25). The van der Waals surface area contributed by atoms with Crippen LogP contribution in [0, 0.1) is 0 Å². The van der Waals surface area contributed by atoms with E-state index in [1.807, 2.05) is 43.3 Å². The van der Waals surface area contributed by atoms with Crippen molar-refractivity contribution in [1.82, 2.24) is 0 Å². The molecule has 2 aromatic rings. The molecule has 1 N–H and O–H groups in total. The van der Waals surface area contributed by atoms with Gasteiger partial charge in [0.05, 0.1) is 18.7 Å². The molecule has 0 aliphatic carbocycles. The first-order chi connectivity index (χ1) is 12.6. The molecule has 1 saturated heterocycles. The minimum Gasteiger partial charge on any atom is -0.495 e. The largest absolute Gasteiger partial charge is 0.495 e. The topological polar surface area (TPSA) is 58.6 Å². The zero-order valence-corrected chi connectivity index (χ0v) is 15.2. The van der Waals surface area contributed by atoms with Crippen molar-refractivity contribution in [3.05, 3.63) is 54.1 Å². The lowest BCUT2D eigenvalue weighted by Crippen LogP contribution is -2.25. The number of carbonyl (C=O) groups is 2. The molecule has 1 aliphatic heterocycles. The van der Waals surface area contributed by atoms with Gasteiger partial charge in [-0.1, -0.05) is 37.3 Å². The molecule has 0 spiro atoms. The monoisotopic (exact) mass is 352 g/mol. The second kappa shape index (κ2) is 8.04. The number of hydrogen-bond donors (Lipinski definition) is 1. The minimum atomic E-state index is -0.213. The molecule has 5 nitrogen and oxygen atoms in total. The van der Waals surface area contributed by atoms with Crippen LogP contribution in [0.5, 0.6) is 5.75 Å². The molecule has 26 heavy (non-hydrogen) atoms. The number of nitrogens with one attached hydrogen (secondary N) is 1. The summed E-state index contributed by atoms with van der Waals surface area (Å²) in [5, 5.41) is 2.99. The molecule has 3 rings (SSSR count). The molecular formula is C21H24N2O3. The highest BCUT2D eigenvalue weighted by molar-refractivity contribution is 5.99. The van der Waals surface area contributed by atoms with Crippen molar-refractivity contribution in [3.63, 3.8) is 0 Å². The number of ether oxygens (including phenoxy) is 1. The van der Waals surface area contributed by atoms with Crippen LogP contribution in [-0.2, 0) is 9.59 Å². The van der Waals surface area contributed by atoms with Gasteiger partial charge in [0, 0.05) is 18.7 Å². The molecule has 0 aromatic heterocycles. The van der Waals surface area contributed by atoms with Gasteiger partial charge < -0.3 is 15.0 Å². The molecule has 1 aliphatic rings. The molecule has 0 radical (unpaired) electrons. The average molecular weight is 352 g/mol. The smallest absolute Gasteiger partial charge is 0.231 e. The zero-order valence-electron chi connectivity index (χ0n) is 15.2. The van der Waals surface area contributed by atoms with E-state index < -0.39 is 0 Å². The molecule has 0 bridgehead atoms. The number of amides is 2. The number of methoxy groups -OCH3 is 1. The van der Waals surface area contributed by atoms with Crippen LogP contribution < -0.4 is 15.0 Å². The molecule has 1 atom stereocenters. The highest BCUT2D eigenvalue weighted by Gasteiger charge is 2.25. The highest BCUT2D eigenvalue weighted by Crippen LogP contribution is 2.34. The first kappa shape index (κ1) is 18.0. The van der Waals surface area contributed by atoms with E-state index in [1.165, 1.54) is 0 Å². The van der Waals surface area contributed by atoms with Crippen LogP contribution in [0.25, 0.3) is 0 Å². The summed E-state index contributed by atoms with van der Waals surface area (Å²) < 4.78 is 5.40. The number of benzene rings is 2. The van der Waals surface area contributed by atoms with E-state index in [0.717, 1.165) is 12.0 Å². The third-order valence-corrected chi connectivity index (χ3v) is 4.74. The molecular weight excluding hydrogens is 328 g/mol. The van der Waals surface area contributed by atoms with Crippen molar-refractivity contribution in [3.8, 4) is 5.75 Å². The Bertz CT molecular complexity index is 789. The second-order valence-electron chi connectivity index (χ2n) is 6.40. The van der Waals surface area contributed by atoms with Crippen molar-refractivity contribution in [2.45, 2.75) is 32.1 Å². The Labute approximate surface area is 154 Å². The van der Waals surface area contributed by atoms with E-state index >= 15 is 0 Å². The summed E-state index contributed by atoms with van der Waals surface area (Å²) in [4.78, 5) is 26.6. The summed E-state index contributed by atoms with van der Waals surface area (Å²) in [6, 6.07) is 15.2. The number of hydrogen-bond acceptors (Lipinski definition) is 3. The Morgan fingerprint density at radius 3 is 2.62 bits per heavy atom. The van der Waals surface area contributed by atoms with Gasteiger partial charge in [-0.15, -0.1) is 0 Å². The van der Waals surface area contributed by atoms with Gasteiger partial charge >= 0.3 is 0 Å². The number of anilines is 2. The van der Waals surface area contributed by atoms with Gasteiger partial charge in [-0.25, -0.2) is 0 Å². The molecule has 1 heterocycles. The lowest BCUT2D eigenvalue weighted by molar-refractivity contribution is -0.118. The minimum absolute atomic E-state index is 0.0532. The zero-order chi connectivity index (χ0) is 18.5. The maximum atomic E-state index is 12.8. The Kier molecular flexibility index (Phi) is 5.56. The van der Waals surface area contributed by atoms with E-state index in [9.17, 15) is 9.59 Å². The molecule has 5 heteroatoms. The van der Waals surface area contributed by atoms with Crippen LogP contribution in [0.1, 0.15) is 37.7 Å². The van der Waals surface area contributed by atoms with E-state index in [4.69, 9.17) is 4.74 Å². The van der Waals surface area contributed by atoms with Crippen LogP contribution in [0.2, 0.25) is 0 Å². The summed E-state index contributed by atoms with van der Waals surface area (Å²) in [5.74, 6) is 0.452. The first-order valence-corrected chi connectivity index (χ1v) is 8.98. The summed E-state index contributed by atoms with van der Waals surface area (Å²) in [5.41, 5.74) is 2.37. The summed E-state index contributed by atoms with van der Waals surface area (Å²) >= 11 is 0. The van der Waals surface area contributed by atoms with Crippen LogP contribution in [0.15, 0.2) is 48.5 Å². The fourth-order valence-corrected chi connectivity index (χ4v) is 3.37. The fourth-order valence-electron chi connectivity index (χ4n) is 3.37. The third-order valence-electron chi connectivity index (χ3n) is 4.74. The lowest BCUT2D eigenvalue weighted by atomic mass is 9.95. The van der Waals surface area contributed by atoms with Crippen LogP contribution in [0.4, 0.5) is 11.4 Å². The van der Waals surface area contributed by atoms with Gasteiger partial charge in [-0.2, -0.15) is 0 Å². The van der Waals surface area contributed by atoms with Gasteiger partial charge in [0.15, 0.2) is 0 Å². The Morgan fingerprint density at radius 1 is 1.23 bits per heavy atom. The Balaban J connectivity index is 1.83. The third kappa shape index (κ3) is 3.72. The molecule has 0 saturated carbocycles. The van der Waals surface area contributed by atoms with Gasteiger partial charge in [0.2, 0.25) is 11.8 Å². The SMILES string of the molecule is CCC(C(=O)Nc1ccc(OC)c(N2CCCC2=O)c1)c1ccccc1. The molecule has 1 fully saturated rings. The number of rotatable bonds is 6. The van der Waals surface area contributed by atoms with Crippen molar-refractivity contribution in [1.29, 1.82) is 0 Å². The number of nitrogens with zero attached hydrogens (tertiary/aromatic N) is 1. The van der Waals surface area contributed by atoms with E-state index in [2.05, 4.69) is 5.32 Å². The van der Waals surface area contributed by atoms with Gasteiger partial charge in [0.25, 0.3) is 0 Å². The van der Waals surface area contributed by atoms with Gasteiger partial charge in [-0.3, -0.25) is 9.59 Å². The first-order valence-electron chi connectivity index (χ1n) is 8.98. The van der Waals surface area contributed by atoms with Crippen LogP contribution in [-0.4, -0.2) is 25.5 Å². The van der Waals surface area contributed by atoms with Crippen LogP contribution in [0.3, 0.4) is 0 Å². The fraction of sp³-hybridized carbons (Fsp3) is 0.333. The second-order valence-corrected chi connectivity index (χ2v) is 6.40. The lowest BCUT2D eigenvalue weighted by Gasteiger charge is -2.21. The van der Waals surface area contributed by atoms with Crippen LogP contribution >= 0.6 is 0 Å². The normalized spacial score (nSPS) is 15.0. The Morgan fingerprint density at radius 2 is 2.00 bits per heavy atom. The van der Waals surface area contributed by atoms with Crippen molar-refractivity contribution in [2.75, 3.05) is 23.9 Å². The predicted octanol–water partition coefficient (Wildman–Crippen LogP) is 3.95. The Hall–Kier alpha value is -2.82. The van der Waals surface area contributed by atoms with E-state index in [0.29, 0.717) is 36.5 Å². The van der Waals surface area contributed by atoms with Gasteiger partial charge in [-0.05, 0) is 36.6 Å². The van der Waals surface area contributed by atoms with Crippen molar-refractivity contribution < 1.29 is 14.3 Å². The van der Waals surface area contributed by atoms with E-state index in [-0.39, 0.29) is 17.7 Å². The maximum Gasteiger partial charge on any atom is 0.231 e. The summed E-state index contributed by atoms with van der Waals surface area (Å²) in [6.45, 7) is 2.67. The molecule has 2 aromatic carbocycles. The molecule has 136 valence electrons. The van der Waals surface area contributed by atoms with Gasteiger partial charge in [0.1, 0.15) is 5.75 Å².